The molecular formula is C13H26O4. The third-order valence-electron chi connectivity index (χ3n) is 2.83. The van der Waals surface area contributed by atoms with E-state index in [0.717, 1.165) is 38.5 Å². The van der Waals surface area contributed by atoms with Crippen molar-refractivity contribution in [1.82, 2.24) is 0 Å². The van der Waals surface area contributed by atoms with E-state index in [-0.39, 0.29) is 18.5 Å². The Morgan fingerprint density at radius 2 is 1.65 bits per heavy atom. The summed E-state index contributed by atoms with van der Waals surface area (Å²) in [7, 11) is 1.32. The summed E-state index contributed by atoms with van der Waals surface area (Å²) in [5.41, 5.74) is 0. The second-order valence-electron chi connectivity index (χ2n) is 4.51. The lowest BCUT2D eigenvalue weighted by molar-refractivity contribution is -0.142. The number of ether oxygens (including phenoxy) is 1. The Kier molecular flexibility index (Phi) is 10.2. The van der Waals surface area contributed by atoms with Crippen LogP contribution in [0.5, 0.6) is 0 Å². The SMILES string of the molecule is CCCC(O)CCCCCC(O)CC(=O)OC. The van der Waals surface area contributed by atoms with E-state index < -0.39 is 6.10 Å². The van der Waals surface area contributed by atoms with Gasteiger partial charge in [0.05, 0.1) is 25.7 Å². The Hall–Kier alpha value is -0.610. The second-order valence-corrected chi connectivity index (χ2v) is 4.51. The van der Waals surface area contributed by atoms with Gasteiger partial charge in [-0.05, 0) is 19.3 Å². The van der Waals surface area contributed by atoms with Gasteiger partial charge in [0.15, 0.2) is 0 Å². The Labute approximate surface area is 104 Å². The number of aliphatic hydroxyl groups excluding tert-OH is 2. The molecule has 0 bridgehead atoms. The average molecular weight is 246 g/mol. The van der Waals surface area contributed by atoms with Gasteiger partial charge in [0.25, 0.3) is 0 Å². The molecule has 4 nitrogen and oxygen atoms in total. The smallest absolute Gasteiger partial charge is 0.308 e. The van der Waals surface area contributed by atoms with E-state index in [9.17, 15) is 15.0 Å². The van der Waals surface area contributed by atoms with Gasteiger partial charge in [-0.15, -0.1) is 0 Å². The molecule has 0 aromatic rings. The van der Waals surface area contributed by atoms with Crippen LogP contribution in [0.3, 0.4) is 0 Å². The second kappa shape index (κ2) is 10.5. The van der Waals surface area contributed by atoms with Crippen LogP contribution in [0.4, 0.5) is 0 Å². The van der Waals surface area contributed by atoms with Crippen LogP contribution in [-0.2, 0) is 9.53 Å². The Morgan fingerprint density at radius 3 is 2.18 bits per heavy atom. The minimum atomic E-state index is -0.594. The summed E-state index contributed by atoms with van der Waals surface area (Å²) >= 11 is 0. The van der Waals surface area contributed by atoms with Crippen molar-refractivity contribution >= 4 is 5.97 Å². The number of hydrogen-bond acceptors (Lipinski definition) is 4. The van der Waals surface area contributed by atoms with Crippen LogP contribution < -0.4 is 0 Å². The molecule has 0 aliphatic heterocycles. The summed E-state index contributed by atoms with van der Waals surface area (Å²) in [5, 5.41) is 19.0. The van der Waals surface area contributed by atoms with Gasteiger partial charge in [-0.1, -0.05) is 32.6 Å². The lowest BCUT2D eigenvalue weighted by Crippen LogP contribution is -2.14. The van der Waals surface area contributed by atoms with Gasteiger partial charge < -0.3 is 14.9 Å². The number of hydrogen-bond donors (Lipinski definition) is 2. The Bertz CT molecular complexity index is 194. The lowest BCUT2D eigenvalue weighted by atomic mass is 10.0. The Morgan fingerprint density at radius 1 is 1.06 bits per heavy atom. The lowest BCUT2D eigenvalue weighted by Gasteiger charge is -2.10. The van der Waals surface area contributed by atoms with Crippen molar-refractivity contribution in [1.29, 1.82) is 0 Å². The zero-order chi connectivity index (χ0) is 13.1. The van der Waals surface area contributed by atoms with Gasteiger partial charge in [-0.3, -0.25) is 4.79 Å². The first-order valence-corrected chi connectivity index (χ1v) is 6.53. The topological polar surface area (TPSA) is 66.8 Å². The number of esters is 1. The van der Waals surface area contributed by atoms with E-state index in [1.165, 1.54) is 7.11 Å². The van der Waals surface area contributed by atoms with Crippen molar-refractivity contribution in [3.63, 3.8) is 0 Å². The molecule has 2 N–H and O–H groups in total. The first-order chi connectivity index (χ1) is 8.10. The quantitative estimate of drug-likeness (QED) is 0.457. The van der Waals surface area contributed by atoms with Crippen molar-refractivity contribution in [2.24, 2.45) is 0 Å². The monoisotopic (exact) mass is 246 g/mol. The number of rotatable bonds is 10. The molecule has 4 heteroatoms. The number of carbonyl (C=O) groups is 1. The molecule has 0 saturated carbocycles. The van der Waals surface area contributed by atoms with Crippen LogP contribution in [-0.4, -0.2) is 35.5 Å². The van der Waals surface area contributed by atoms with E-state index in [1.807, 2.05) is 0 Å². The summed E-state index contributed by atoms with van der Waals surface area (Å²) < 4.78 is 4.47. The third kappa shape index (κ3) is 10.3. The molecule has 102 valence electrons. The molecule has 17 heavy (non-hydrogen) atoms. The number of unbranched alkanes of at least 4 members (excludes halogenated alkanes) is 2. The zero-order valence-electron chi connectivity index (χ0n) is 11.0. The Balaban J connectivity index is 3.35. The zero-order valence-corrected chi connectivity index (χ0v) is 11.0. The maximum Gasteiger partial charge on any atom is 0.308 e. The van der Waals surface area contributed by atoms with Crippen molar-refractivity contribution in [3.05, 3.63) is 0 Å². The fraction of sp³-hybridized carbons (Fsp3) is 0.923. The largest absolute Gasteiger partial charge is 0.469 e. The molecule has 2 atom stereocenters. The van der Waals surface area contributed by atoms with Crippen LogP contribution >= 0.6 is 0 Å². The minimum Gasteiger partial charge on any atom is -0.469 e. The molecule has 0 saturated heterocycles. The highest BCUT2D eigenvalue weighted by Gasteiger charge is 2.10. The molecule has 0 rings (SSSR count). The van der Waals surface area contributed by atoms with Crippen LogP contribution in [0.15, 0.2) is 0 Å². The van der Waals surface area contributed by atoms with E-state index in [1.54, 1.807) is 0 Å². The van der Waals surface area contributed by atoms with Gasteiger partial charge in [0.1, 0.15) is 0 Å². The normalized spacial score (nSPS) is 14.4. The molecule has 0 spiro atoms. The van der Waals surface area contributed by atoms with Gasteiger partial charge in [0, 0.05) is 0 Å². The molecule has 0 radical (unpaired) electrons. The van der Waals surface area contributed by atoms with Gasteiger partial charge in [-0.2, -0.15) is 0 Å². The highest BCUT2D eigenvalue weighted by atomic mass is 16.5. The number of methoxy groups -OCH3 is 1. The molecule has 0 aromatic carbocycles. The van der Waals surface area contributed by atoms with Crippen molar-refractivity contribution in [3.8, 4) is 0 Å². The summed E-state index contributed by atoms with van der Waals surface area (Å²) in [6, 6.07) is 0. The molecule has 0 aromatic heterocycles. The molecular weight excluding hydrogens is 220 g/mol. The van der Waals surface area contributed by atoms with Crippen LogP contribution in [0.1, 0.15) is 58.3 Å². The summed E-state index contributed by atoms with van der Waals surface area (Å²) in [6.45, 7) is 2.06. The van der Waals surface area contributed by atoms with Crippen LogP contribution in [0, 0.1) is 0 Å². The number of aliphatic hydroxyl groups is 2. The summed E-state index contributed by atoms with van der Waals surface area (Å²) in [5.74, 6) is -0.365. The molecule has 2 unspecified atom stereocenters. The fourth-order valence-corrected chi connectivity index (χ4v) is 1.79. The van der Waals surface area contributed by atoms with Crippen molar-refractivity contribution < 1.29 is 19.7 Å². The van der Waals surface area contributed by atoms with Crippen LogP contribution in [0.25, 0.3) is 0 Å². The number of carbonyl (C=O) groups excluding carboxylic acids is 1. The van der Waals surface area contributed by atoms with Gasteiger partial charge >= 0.3 is 5.97 Å². The van der Waals surface area contributed by atoms with Crippen molar-refractivity contribution in [2.45, 2.75) is 70.5 Å². The van der Waals surface area contributed by atoms with Crippen LogP contribution in [0.2, 0.25) is 0 Å². The average Bonchev–Trinajstić information content (AvgIpc) is 2.28. The maximum absolute atomic E-state index is 10.9. The van der Waals surface area contributed by atoms with E-state index in [2.05, 4.69) is 11.7 Å². The molecule has 0 heterocycles. The van der Waals surface area contributed by atoms with Gasteiger partial charge in [-0.25, -0.2) is 0 Å². The molecule has 0 fully saturated rings. The summed E-state index contributed by atoms with van der Waals surface area (Å²) in [4.78, 5) is 10.9. The van der Waals surface area contributed by atoms with Gasteiger partial charge in [0.2, 0.25) is 0 Å². The third-order valence-corrected chi connectivity index (χ3v) is 2.83. The highest BCUT2D eigenvalue weighted by Crippen LogP contribution is 2.11. The first kappa shape index (κ1) is 16.4. The molecule has 0 aliphatic rings. The predicted molar refractivity (Wildman–Crippen MR) is 66.6 cm³/mol. The fourth-order valence-electron chi connectivity index (χ4n) is 1.79. The van der Waals surface area contributed by atoms with Crippen molar-refractivity contribution in [2.75, 3.05) is 7.11 Å². The highest BCUT2D eigenvalue weighted by molar-refractivity contribution is 5.69. The standard InChI is InChI=1S/C13H26O4/c1-3-7-11(14)8-5-4-6-9-12(15)10-13(16)17-2/h11-12,14-15H,3-10H2,1-2H3. The van der Waals surface area contributed by atoms with E-state index in [4.69, 9.17) is 0 Å². The molecule has 0 aliphatic carbocycles. The van der Waals surface area contributed by atoms with E-state index in [0.29, 0.717) is 6.42 Å². The summed E-state index contributed by atoms with van der Waals surface area (Å²) in [6.07, 6.45) is 5.49. The maximum atomic E-state index is 10.9. The predicted octanol–water partition coefficient (Wildman–Crippen LogP) is 2.02. The first-order valence-electron chi connectivity index (χ1n) is 6.53. The minimum absolute atomic E-state index is 0.0783. The molecule has 0 amide bonds. The van der Waals surface area contributed by atoms with E-state index >= 15 is 0 Å².